The highest BCUT2D eigenvalue weighted by atomic mass is 19.1. The maximum atomic E-state index is 13.1. The van der Waals surface area contributed by atoms with E-state index in [1.807, 2.05) is 12.1 Å². The molecule has 4 nitrogen and oxygen atoms in total. The number of amides is 1. The third-order valence-electron chi connectivity index (χ3n) is 3.14. The van der Waals surface area contributed by atoms with E-state index in [9.17, 15) is 9.18 Å². The molecule has 2 aromatic carbocycles. The lowest BCUT2D eigenvalue weighted by Gasteiger charge is -2.08. The van der Waals surface area contributed by atoms with E-state index in [0.29, 0.717) is 11.3 Å². The van der Waals surface area contributed by atoms with Crippen molar-refractivity contribution in [3.63, 3.8) is 0 Å². The number of aromatic nitrogens is 1. The fourth-order valence-electron chi connectivity index (χ4n) is 2.12. The number of nitrogens with one attached hydrogen (secondary N) is 1. The number of anilines is 2. The van der Waals surface area contributed by atoms with Gasteiger partial charge in [0.2, 0.25) is 0 Å². The number of fused-ring (bicyclic) bond motifs is 1. The van der Waals surface area contributed by atoms with Crippen molar-refractivity contribution < 1.29 is 9.18 Å². The first-order chi connectivity index (χ1) is 10.1. The molecule has 0 aliphatic heterocycles. The molecule has 1 amide bonds. The highest BCUT2D eigenvalue weighted by Crippen LogP contribution is 2.20. The summed E-state index contributed by atoms with van der Waals surface area (Å²) in [5, 5.41) is 3.46. The van der Waals surface area contributed by atoms with E-state index >= 15 is 0 Å². The minimum atomic E-state index is -0.512. The summed E-state index contributed by atoms with van der Waals surface area (Å²) in [6.07, 6.45) is 1.67. The van der Waals surface area contributed by atoms with Crippen LogP contribution in [0.1, 0.15) is 10.4 Å². The highest BCUT2D eigenvalue weighted by Gasteiger charge is 2.11. The van der Waals surface area contributed by atoms with Gasteiger partial charge in [-0.15, -0.1) is 0 Å². The van der Waals surface area contributed by atoms with Crippen LogP contribution in [0.15, 0.2) is 54.7 Å². The first kappa shape index (κ1) is 13.1. The average molecular weight is 281 g/mol. The Balaban J connectivity index is 1.95. The van der Waals surface area contributed by atoms with Gasteiger partial charge in [-0.3, -0.25) is 9.78 Å². The predicted molar refractivity (Wildman–Crippen MR) is 80.5 cm³/mol. The van der Waals surface area contributed by atoms with Crippen LogP contribution in [0.25, 0.3) is 10.9 Å². The Kier molecular flexibility index (Phi) is 3.23. The van der Waals surface area contributed by atoms with Crippen molar-refractivity contribution in [1.29, 1.82) is 0 Å². The van der Waals surface area contributed by atoms with Gasteiger partial charge < -0.3 is 11.1 Å². The standard InChI is InChI=1S/C16H12FN3O/c17-13-7-6-10(9-14(13)18)20-16(21)12-3-1-5-15-11(12)4-2-8-19-15/h1-9H,18H2,(H,20,21). The Morgan fingerprint density at radius 2 is 2.00 bits per heavy atom. The molecule has 3 rings (SSSR count). The van der Waals surface area contributed by atoms with Crippen LogP contribution in [0.5, 0.6) is 0 Å². The Bertz CT molecular complexity index is 827. The van der Waals surface area contributed by atoms with Crippen LogP contribution in [0.2, 0.25) is 0 Å². The van der Waals surface area contributed by atoms with Crippen LogP contribution in [0.3, 0.4) is 0 Å². The second-order valence-corrected chi connectivity index (χ2v) is 4.57. The second kappa shape index (κ2) is 5.20. The van der Waals surface area contributed by atoms with Crippen molar-refractivity contribution in [2.24, 2.45) is 0 Å². The molecule has 1 heterocycles. The fraction of sp³-hybridized carbons (Fsp3) is 0. The lowest BCUT2D eigenvalue weighted by molar-refractivity contribution is 0.102. The summed E-state index contributed by atoms with van der Waals surface area (Å²) >= 11 is 0. The number of rotatable bonds is 2. The van der Waals surface area contributed by atoms with Crippen LogP contribution >= 0.6 is 0 Å². The molecule has 0 unspecified atom stereocenters. The molecule has 5 heteroatoms. The number of benzene rings is 2. The highest BCUT2D eigenvalue weighted by molar-refractivity contribution is 6.12. The minimum absolute atomic E-state index is 0.00705. The third-order valence-corrected chi connectivity index (χ3v) is 3.14. The summed E-state index contributed by atoms with van der Waals surface area (Å²) < 4.78 is 13.1. The number of carbonyl (C=O) groups is 1. The number of carbonyl (C=O) groups excluding carboxylic acids is 1. The second-order valence-electron chi connectivity index (χ2n) is 4.57. The Morgan fingerprint density at radius 3 is 2.81 bits per heavy atom. The van der Waals surface area contributed by atoms with Crippen molar-refractivity contribution in [1.82, 2.24) is 4.98 Å². The van der Waals surface area contributed by atoms with Gasteiger partial charge in [0.15, 0.2) is 0 Å². The normalized spacial score (nSPS) is 10.5. The average Bonchev–Trinajstić information content (AvgIpc) is 2.50. The topological polar surface area (TPSA) is 68.0 Å². The van der Waals surface area contributed by atoms with Gasteiger partial charge in [0.25, 0.3) is 5.91 Å². The van der Waals surface area contributed by atoms with Crippen molar-refractivity contribution in [3.05, 3.63) is 66.1 Å². The summed E-state index contributed by atoms with van der Waals surface area (Å²) in [6, 6.07) is 13.0. The SMILES string of the molecule is Nc1cc(NC(=O)c2cccc3ncccc23)ccc1F. The van der Waals surface area contributed by atoms with E-state index in [0.717, 1.165) is 10.9 Å². The van der Waals surface area contributed by atoms with Crippen molar-refractivity contribution in [2.45, 2.75) is 0 Å². The number of nitrogens with two attached hydrogens (primary N) is 1. The van der Waals surface area contributed by atoms with Gasteiger partial charge in [-0.25, -0.2) is 4.39 Å². The Labute approximate surface area is 120 Å². The van der Waals surface area contributed by atoms with Crippen LogP contribution < -0.4 is 11.1 Å². The number of pyridine rings is 1. The molecule has 0 saturated carbocycles. The zero-order chi connectivity index (χ0) is 14.8. The van der Waals surface area contributed by atoms with E-state index in [4.69, 9.17) is 5.73 Å². The lowest BCUT2D eigenvalue weighted by Crippen LogP contribution is -2.12. The smallest absolute Gasteiger partial charge is 0.256 e. The molecule has 0 atom stereocenters. The number of nitrogens with zero attached hydrogens (tertiary/aromatic N) is 1. The molecular formula is C16H12FN3O. The molecule has 21 heavy (non-hydrogen) atoms. The fourth-order valence-corrected chi connectivity index (χ4v) is 2.12. The molecule has 0 fully saturated rings. The third kappa shape index (κ3) is 2.53. The summed E-state index contributed by atoms with van der Waals surface area (Å²) in [5.74, 6) is -0.804. The summed E-state index contributed by atoms with van der Waals surface area (Å²) in [5.41, 5.74) is 7.17. The Hall–Kier alpha value is -2.95. The van der Waals surface area contributed by atoms with Crippen molar-refractivity contribution in [2.75, 3.05) is 11.1 Å². The van der Waals surface area contributed by atoms with Gasteiger partial charge in [-0.1, -0.05) is 12.1 Å². The van der Waals surface area contributed by atoms with Gasteiger partial charge in [0, 0.05) is 22.8 Å². The summed E-state index contributed by atoms with van der Waals surface area (Å²) in [6.45, 7) is 0. The summed E-state index contributed by atoms with van der Waals surface area (Å²) in [7, 11) is 0. The van der Waals surface area contributed by atoms with Gasteiger partial charge in [-0.05, 0) is 36.4 Å². The number of halogens is 1. The quantitative estimate of drug-likeness (QED) is 0.709. The van der Waals surface area contributed by atoms with E-state index in [1.165, 1.54) is 18.2 Å². The molecule has 0 aliphatic rings. The van der Waals surface area contributed by atoms with E-state index in [1.54, 1.807) is 24.4 Å². The molecule has 0 bridgehead atoms. The molecule has 104 valence electrons. The molecule has 3 N–H and O–H groups in total. The van der Waals surface area contributed by atoms with Gasteiger partial charge in [0.05, 0.1) is 11.2 Å². The predicted octanol–water partition coefficient (Wildman–Crippen LogP) is 3.21. The van der Waals surface area contributed by atoms with Crippen molar-refractivity contribution >= 4 is 28.2 Å². The number of hydrogen-bond donors (Lipinski definition) is 2. The summed E-state index contributed by atoms with van der Waals surface area (Å²) in [4.78, 5) is 16.6. The van der Waals surface area contributed by atoms with Crippen molar-refractivity contribution in [3.8, 4) is 0 Å². The molecule has 0 saturated heterocycles. The zero-order valence-electron chi connectivity index (χ0n) is 11.0. The minimum Gasteiger partial charge on any atom is -0.396 e. The first-order valence-electron chi connectivity index (χ1n) is 6.35. The van der Waals surface area contributed by atoms with Gasteiger partial charge in [0.1, 0.15) is 5.82 Å². The van der Waals surface area contributed by atoms with E-state index in [2.05, 4.69) is 10.3 Å². The van der Waals surface area contributed by atoms with Gasteiger partial charge in [-0.2, -0.15) is 0 Å². The van der Waals surface area contributed by atoms with E-state index < -0.39 is 5.82 Å². The zero-order valence-corrected chi connectivity index (χ0v) is 11.0. The number of hydrogen-bond acceptors (Lipinski definition) is 3. The maximum Gasteiger partial charge on any atom is 0.256 e. The monoisotopic (exact) mass is 281 g/mol. The Morgan fingerprint density at radius 1 is 1.14 bits per heavy atom. The molecule has 1 aromatic heterocycles. The molecular weight excluding hydrogens is 269 g/mol. The number of nitrogen functional groups attached to an aromatic ring is 1. The molecule has 0 radical (unpaired) electrons. The van der Waals surface area contributed by atoms with Crippen LogP contribution in [-0.2, 0) is 0 Å². The first-order valence-corrected chi connectivity index (χ1v) is 6.35. The van der Waals surface area contributed by atoms with E-state index in [-0.39, 0.29) is 11.6 Å². The molecule has 0 spiro atoms. The molecule has 0 aliphatic carbocycles. The van der Waals surface area contributed by atoms with Crippen LogP contribution in [-0.4, -0.2) is 10.9 Å². The van der Waals surface area contributed by atoms with Gasteiger partial charge >= 0.3 is 0 Å². The lowest BCUT2D eigenvalue weighted by atomic mass is 10.1. The maximum absolute atomic E-state index is 13.1. The van der Waals surface area contributed by atoms with Crippen LogP contribution in [0, 0.1) is 5.82 Å². The van der Waals surface area contributed by atoms with Crippen LogP contribution in [0.4, 0.5) is 15.8 Å². The largest absolute Gasteiger partial charge is 0.396 e. The molecule has 3 aromatic rings.